The summed E-state index contributed by atoms with van der Waals surface area (Å²) in [6.45, 7) is 0. The van der Waals surface area contributed by atoms with Crippen molar-refractivity contribution in [3.05, 3.63) is 70.7 Å². The Hall–Kier alpha value is -3.13. The molecular weight excluding hydrogens is 514 g/mol. The van der Waals surface area contributed by atoms with Crippen molar-refractivity contribution in [2.24, 2.45) is 5.10 Å². The van der Waals surface area contributed by atoms with Crippen LogP contribution in [0, 0.1) is 0 Å². The number of hydrogen-bond acceptors (Lipinski definition) is 11. The van der Waals surface area contributed by atoms with Crippen molar-refractivity contribution < 1.29 is 4.79 Å². The lowest BCUT2D eigenvalue weighted by Gasteiger charge is -2.03. The minimum atomic E-state index is -0.261. The highest BCUT2D eigenvalue weighted by Gasteiger charge is 2.14. The number of nitrogens with one attached hydrogen (secondary N) is 2. The van der Waals surface area contributed by atoms with Crippen LogP contribution in [0.1, 0.15) is 11.1 Å². The summed E-state index contributed by atoms with van der Waals surface area (Å²) in [5.41, 5.74) is 4.67. The fraction of sp³-hybridized carbons (Fsp3) is 0.100. The van der Waals surface area contributed by atoms with Gasteiger partial charge in [-0.05, 0) is 17.2 Å². The zero-order chi connectivity index (χ0) is 23.8. The summed E-state index contributed by atoms with van der Waals surface area (Å²) in [5, 5.41) is 24.3. The van der Waals surface area contributed by atoms with Gasteiger partial charge in [-0.15, -0.1) is 20.4 Å². The first-order valence-corrected chi connectivity index (χ1v) is 12.9. The van der Waals surface area contributed by atoms with E-state index in [0.717, 1.165) is 27.2 Å². The van der Waals surface area contributed by atoms with E-state index in [2.05, 4.69) is 36.2 Å². The molecule has 174 valence electrons. The molecule has 0 saturated carbocycles. The molecule has 0 fully saturated rings. The van der Waals surface area contributed by atoms with Crippen LogP contribution in [0.4, 0.5) is 11.1 Å². The molecule has 0 aliphatic carbocycles. The van der Waals surface area contributed by atoms with Gasteiger partial charge in [0, 0.05) is 10.8 Å². The maximum absolute atomic E-state index is 12.3. The standard InChI is InChI=1S/C20H18ClN9OS3/c21-15-9-5-4-8-14(15)11-33-20-29-27-18(34-20)24-16(31)12-32-19-28-26-17(30(19)22)25-23-10-13-6-2-1-3-7-13/h1-10H,11-12,22H2,(H,25,26)(H,24,27,31)/b23-10+. The summed E-state index contributed by atoms with van der Waals surface area (Å²) in [7, 11) is 0. The summed E-state index contributed by atoms with van der Waals surface area (Å²) in [6.07, 6.45) is 1.64. The van der Waals surface area contributed by atoms with E-state index in [-0.39, 0.29) is 17.6 Å². The van der Waals surface area contributed by atoms with Gasteiger partial charge in [0.05, 0.1) is 12.0 Å². The third-order valence-corrected chi connectivity index (χ3v) is 7.47. The van der Waals surface area contributed by atoms with Gasteiger partial charge in [-0.1, -0.05) is 95.0 Å². The van der Waals surface area contributed by atoms with E-state index < -0.39 is 0 Å². The maximum Gasteiger partial charge on any atom is 0.264 e. The van der Waals surface area contributed by atoms with Crippen molar-refractivity contribution in [2.45, 2.75) is 15.2 Å². The predicted octanol–water partition coefficient (Wildman–Crippen LogP) is 3.97. The van der Waals surface area contributed by atoms with Gasteiger partial charge in [-0.3, -0.25) is 10.1 Å². The number of nitrogens with zero attached hydrogens (tertiary/aromatic N) is 6. The highest BCUT2D eigenvalue weighted by Crippen LogP contribution is 2.30. The third-order valence-electron chi connectivity index (χ3n) is 4.14. The Labute approximate surface area is 212 Å². The normalized spacial score (nSPS) is 11.1. The summed E-state index contributed by atoms with van der Waals surface area (Å²) in [4.78, 5) is 12.3. The van der Waals surface area contributed by atoms with Gasteiger partial charge in [0.15, 0.2) is 4.34 Å². The molecule has 34 heavy (non-hydrogen) atoms. The Bertz CT molecular complexity index is 1280. The minimum absolute atomic E-state index is 0.0737. The van der Waals surface area contributed by atoms with Gasteiger partial charge >= 0.3 is 0 Å². The number of halogens is 1. The monoisotopic (exact) mass is 531 g/mol. The zero-order valence-corrected chi connectivity index (χ0v) is 20.7. The molecule has 4 N–H and O–H groups in total. The number of carbonyl (C=O) groups is 1. The van der Waals surface area contributed by atoms with E-state index in [1.54, 1.807) is 6.21 Å². The summed E-state index contributed by atoms with van der Waals surface area (Å²) in [5.74, 6) is 6.71. The van der Waals surface area contributed by atoms with Crippen LogP contribution in [-0.4, -0.2) is 42.9 Å². The van der Waals surface area contributed by atoms with Crippen LogP contribution in [0.5, 0.6) is 0 Å². The Morgan fingerprint density at radius 2 is 1.88 bits per heavy atom. The fourth-order valence-corrected chi connectivity index (χ4v) is 5.22. The number of nitrogens with two attached hydrogens (primary N) is 1. The molecule has 0 unspecified atom stereocenters. The number of nitrogen functional groups attached to an aromatic ring is 1. The first-order chi connectivity index (χ1) is 16.6. The molecule has 10 nitrogen and oxygen atoms in total. The average Bonchev–Trinajstić information content (AvgIpc) is 3.44. The number of hydrogen-bond donors (Lipinski definition) is 3. The Morgan fingerprint density at radius 3 is 2.71 bits per heavy atom. The van der Waals surface area contributed by atoms with Crippen molar-refractivity contribution >= 4 is 69.7 Å². The number of rotatable bonds is 10. The Morgan fingerprint density at radius 1 is 1.09 bits per heavy atom. The Balaban J connectivity index is 1.24. The first kappa shape index (κ1) is 24.0. The van der Waals surface area contributed by atoms with Crippen LogP contribution < -0.4 is 16.6 Å². The molecule has 2 aromatic carbocycles. The van der Waals surface area contributed by atoms with Crippen LogP contribution in [0.3, 0.4) is 0 Å². The molecule has 4 aromatic rings. The fourth-order valence-electron chi connectivity index (χ4n) is 2.51. The molecule has 0 aliphatic heterocycles. The lowest BCUT2D eigenvalue weighted by Crippen LogP contribution is -2.16. The van der Waals surface area contributed by atoms with Crippen LogP contribution in [0.25, 0.3) is 0 Å². The summed E-state index contributed by atoms with van der Waals surface area (Å²) >= 11 is 10.1. The van der Waals surface area contributed by atoms with E-state index in [0.29, 0.717) is 21.1 Å². The number of anilines is 2. The van der Waals surface area contributed by atoms with Crippen LogP contribution >= 0.6 is 46.5 Å². The lowest BCUT2D eigenvalue weighted by molar-refractivity contribution is -0.113. The van der Waals surface area contributed by atoms with E-state index in [9.17, 15) is 4.79 Å². The molecule has 1 amide bonds. The molecule has 2 heterocycles. The number of aromatic nitrogens is 5. The highest BCUT2D eigenvalue weighted by molar-refractivity contribution is 8.00. The maximum atomic E-state index is 12.3. The second kappa shape index (κ2) is 11.8. The SMILES string of the molecule is Nn1c(N/N=C/c2ccccc2)nnc1SCC(=O)Nc1nnc(SCc2ccccc2Cl)s1. The molecule has 0 atom stereocenters. The first-order valence-electron chi connectivity index (χ1n) is 9.75. The van der Waals surface area contributed by atoms with Gasteiger partial charge in [-0.2, -0.15) is 5.10 Å². The lowest BCUT2D eigenvalue weighted by atomic mass is 10.2. The number of hydrazone groups is 1. The van der Waals surface area contributed by atoms with Crippen molar-refractivity contribution in [3.63, 3.8) is 0 Å². The van der Waals surface area contributed by atoms with Crippen LogP contribution in [0.15, 0.2) is 69.2 Å². The van der Waals surface area contributed by atoms with Gasteiger partial charge in [0.25, 0.3) is 5.95 Å². The van der Waals surface area contributed by atoms with Gasteiger partial charge in [-0.25, -0.2) is 10.1 Å². The molecule has 0 bridgehead atoms. The van der Waals surface area contributed by atoms with Crippen molar-refractivity contribution in [1.29, 1.82) is 0 Å². The molecule has 0 radical (unpaired) electrons. The second-order valence-corrected chi connectivity index (χ2v) is 10.1. The van der Waals surface area contributed by atoms with E-state index in [1.807, 2.05) is 54.6 Å². The molecule has 14 heteroatoms. The minimum Gasteiger partial charge on any atom is -0.334 e. The quantitative estimate of drug-likeness (QED) is 0.0912. The summed E-state index contributed by atoms with van der Waals surface area (Å²) < 4.78 is 1.96. The predicted molar refractivity (Wildman–Crippen MR) is 138 cm³/mol. The molecule has 0 saturated heterocycles. The third kappa shape index (κ3) is 6.70. The molecule has 4 rings (SSSR count). The smallest absolute Gasteiger partial charge is 0.264 e. The van der Waals surface area contributed by atoms with Crippen molar-refractivity contribution in [2.75, 3.05) is 22.3 Å². The number of thioether (sulfide) groups is 2. The van der Waals surface area contributed by atoms with Crippen molar-refractivity contribution in [3.8, 4) is 0 Å². The average molecular weight is 532 g/mol. The molecular formula is C20H18ClN9OS3. The van der Waals surface area contributed by atoms with Crippen LogP contribution in [-0.2, 0) is 10.5 Å². The largest absolute Gasteiger partial charge is 0.334 e. The highest BCUT2D eigenvalue weighted by atomic mass is 35.5. The van der Waals surface area contributed by atoms with Gasteiger partial charge in [0.1, 0.15) is 0 Å². The molecule has 0 spiro atoms. The molecule has 0 aliphatic rings. The van der Waals surface area contributed by atoms with Gasteiger partial charge in [0.2, 0.25) is 16.2 Å². The number of carbonyl (C=O) groups excluding carboxylic acids is 1. The molecule has 2 aromatic heterocycles. The topological polar surface area (TPSA) is 136 Å². The zero-order valence-electron chi connectivity index (χ0n) is 17.5. The Kier molecular flexibility index (Phi) is 8.36. The van der Waals surface area contributed by atoms with E-state index in [4.69, 9.17) is 17.4 Å². The van der Waals surface area contributed by atoms with Crippen molar-refractivity contribution in [1.82, 2.24) is 25.1 Å². The van der Waals surface area contributed by atoms with Gasteiger partial charge < -0.3 is 5.84 Å². The number of benzene rings is 2. The number of amides is 1. The van der Waals surface area contributed by atoms with E-state index in [1.165, 1.54) is 27.8 Å². The van der Waals surface area contributed by atoms with E-state index >= 15 is 0 Å². The van der Waals surface area contributed by atoms with Crippen LogP contribution in [0.2, 0.25) is 5.02 Å². The second-order valence-electron chi connectivity index (χ2n) is 6.55. The summed E-state index contributed by atoms with van der Waals surface area (Å²) in [6, 6.07) is 17.2.